The summed E-state index contributed by atoms with van der Waals surface area (Å²) in [5.41, 5.74) is 1.20. The topological polar surface area (TPSA) is 178 Å². The molecular formula is C26H30N8O4. The lowest BCUT2D eigenvalue weighted by Gasteiger charge is -2.31. The number of benzene rings is 2. The Labute approximate surface area is 218 Å². The maximum atomic E-state index is 13.6. The number of H-pyrrole nitrogens is 2. The van der Waals surface area contributed by atoms with Crippen molar-refractivity contribution < 1.29 is 19.5 Å². The van der Waals surface area contributed by atoms with E-state index in [4.69, 9.17) is 0 Å². The SMILES string of the molecule is C[C@@](Cc1c[nH]c2ccccc12)(NC(=O)O)C(=O)N[C@@H](CNC(=O)CCc1nn[nH]n1)Cc1ccccc1. The molecule has 0 saturated carbocycles. The third-order valence-corrected chi connectivity index (χ3v) is 6.27. The number of aryl methyl sites for hydroxylation is 1. The van der Waals surface area contributed by atoms with Crippen LogP contribution in [0.1, 0.15) is 30.3 Å². The Bertz CT molecular complexity index is 1370. The Kier molecular flexibility index (Phi) is 8.31. The highest BCUT2D eigenvalue weighted by atomic mass is 16.4. The zero-order valence-corrected chi connectivity index (χ0v) is 20.9. The molecule has 0 bridgehead atoms. The molecule has 0 radical (unpaired) electrons. The van der Waals surface area contributed by atoms with E-state index in [2.05, 4.69) is 41.6 Å². The Morgan fingerprint density at radius 3 is 2.58 bits per heavy atom. The smallest absolute Gasteiger partial charge is 0.405 e. The highest BCUT2D eigenvalue weighted by Crippen LogP contribution is 2.23. The van der Waals surface area contributed by atoms with Gasteiger partial charge in [-0.2, -0.15) is 5.21 Å². The van der Waals surface area contributed by atoms with Gasteiger partial charge in [0.05, 0.1) is 6.04 Å². The molecule has 2 atom stereocenters. The number of hydrogen-bond donors (Lipinski definition) is 6. The van der Waals surface area contributed by atoms with Crippen molar-refractivity contribution in [3.05, 3.63) is 77.7 Å². The van der Waals surface area contributed by atoms with E-state index < -0.39 is 23.6 Å². The number of aromatic nitrogens is 5. The molecule has 0 spiro atoms. The van der Waals surface area contributed by atoms with Crippen LogP contribution >= 0.6 is 0 Å². The molecule has 12 nitrogen and oxygen atoms in total. The fourth-order valence-corrected chi connectivity index (χ4v) is 4.33. The van der Waals surface area contributed by atoms with E-state index in [0.717, 1.165) is 22.0 Å². The van der Waals surface area contributed by atoms with Crippen molar-refractivity contribution in [2.45, 2.75) is 44.2 Å². The number of carboxylic acid groups (broad SMARTS) is 1. The summed E-state index contributed by atoms with van der Waals surface area (Å²) in [6.45, 7) is 1.71. The molecule has 0 fully saturated rings. The number of fused-ring (bicyclic) bond motifs is 1. The molecule has 0 saturated heterocycles. The Morgan fingerprint density at radius 1 is 1.08 bits per heavy atom. The maximum Gasteiger partial charge on any atom is 0.405 e. The van der Waals surface area contributed by atoms with Crippen molar-refractivity contribution in [1.29, 1.82) is 0 Å². The van der Waals surface area contributed by atoms with Crippen LogP contribution < -0.4 is 16.0 Å². The summed E-state index contributed by atoms with van der Waals surface area (Å²) < 4.78 is 0. The zero-order valence-electron chi connectivity index (χ0n) is 20.9. The van der Waals surface area contributed by atoms with E-state index in [-0.39, 0.29) is 25.3 Å². The highest BCUT2D eigenvalue weighted by molar-refractivity contribution is 5.91. The molecule has 2 aromatic heterocycles. The third-order valence-electron chi connectivity index (χ3n) is 6.27. The lowest BCUT2D eigenvalue weighted by Crippen LogP contribution is -2.60. The fraction of sp³-hybridized carbons (Fsp3) is 0.308. The molecule has 2 heterocycles. The number of hydrogen-bond acceptors (Lipinski definition) is 6. The van der Waals surface area contributed by atoms with Gasteiger partial charge in [0, 0.05) is 42.9 Å². The molecule has 0 aliphatic carbocycles. The summed E-state index contributed by atoms with van der Waals surface area (Å²) in [4.78, 5) is 40.9. The molecule has 3 amide bonds. The van der Waals surface area contributed by atoms with Crippen molar-refractivity contribution in [1.82, 2.24) is 41.6 Å². The van der Waals surface area contributed by atoms with Crippen molar-refractivity contribution in [2.24, 2.45) is 0 Å². The molecule has 0 unspecified atom stereocenters. The quantitative estimate of drug-likeness (QED) is 0.165. The Balaban J connectivity index is 1.48. The van der Waals surface area contributed by atoms with Gasteiger partial charge in [-0.15, -0.1) is 10.2 Å². The monoisotopic (exact) mass is 518 g/mol. The van der Waals surface area contributed by atoms with E-state index in [9.17, 15) is 19.5 Å². The Hall–Kier alpha value is -4.74. The van der Waals surface area contributed by atoms with Gasteiger partial charge in [-0.05, 0) is 30.5 Å². The van der Waals surface area contributed by atoms with Crippen LogP contribution in [0.3, 0.4) is 0 Å². The lowest BCUT2D eigenvalue weighted by atomic mass is 9.91. The number of nitrogens with zero attached hydrogens (tertiary/aromatic N) is 3. The fourth-order valence-electron chi connectivity index (χ4n) is 4.33. The second-order valence-corrected chi connectivity index (χ2v) is 9.29. The molecule has 0 aliphatic rings. The second kappa shape index (κ2) is 12.0. The third kappa shape index (κ3) is 6.93. The van der Waals surface area contributed by atoms with Crippen LogP contribution in [0.5, 0.6) is 0 Å². The predicted molar refractivity (Wildman–Crippen MR) is 139 cm³/mol. The van der Waals surface area contributed by atoms with Crippen LogP contribution in [-0.2, 0) is 28.9 Å². The van der Waals surface area contributed by atoms with Crippen molar-refractivity contribution >= 4 is 28.8 Å². The molecule has 2 aromatic carbocycles. The average molecular weight is 519 g/mol. The maximum absolute atomic E-state index is 13.6. The molecule has 6 N–H and O–H groups in total. The molecule has 12 heteroatoms. The van der Waals surface area contributed by atoms with Gasteiger partial charge in [-0.1, -0.05) is 53.7 Å². The highest BCUT2D eigenvalue weighted by Gasteiger charge is 2.37. The minimum absolute atomic E-state index is 0.129. The van der Waals surface area contributed by atoms with Crippen molar-refractivity contribution in [2.75, 3.05) is 6.54 Å². The number of amides is 3. The summed E-state index contributed by atoms with van der Waals surface area (Å²) in [5, 5.41) is 32.2. The number of para-hydroxylation sites is 1. The lowest BCUT2D eigenvalue weighted by molar-refractivity contribution is -0.128. The number of nitrogens with one attached hydrogen (secondary N) is 5. The van der Waals surface area contributed by atoms with Gasteiger partial charge in [0.15, 0.2) is 5.82 Å². The minimum Gasteiger partial charge on any atom is -0.465 e. The first-order valence-corrected chi connectivity index (χ1v) is 12.2. The van der Waals surface area contributed by atoms with Gasteiger partial charge >= 0.3 is 6.09 Å². The number of tetrazole rings is 1. The summed E-state index contributed by atoms with van der Waals surface area (Å²) in [6.07, 6.45) is 1.52. The van der Waals surface area contributed by atoms with Gasteiger partial charge in [0.1, 0.15) is 5.54 Å². The average Bonchev–Trinajstić information content (AvgIpc) is 3.56. The molecular weight excluding hydrogens is 488 g/mol. The van der Waals surface area contributed by atoms with Crippen LogP contribution in [-0.4, -0.2) is 66.7 Å². The van der Waals surface area contributed by atoms with Gasteiger partial charge in [0.25, 0.3) is 0 Å². The van der Waals surface area contributed by atoms with Gasteiger partial charge < -0.3 is 26.0 Å². The molecule has 0 aliphatic heterocycles. The molecule has 4 rings (SSSR count). The van der Waals surface area contributed by atoms with Gasteiger partial charge in [-0.25, -0.2) is 4.79 Å². The van der Waals surface area contributed by atoms with Crippen LogP contribution in [0.15, 0.2) is 60.8 Å². The number of rotatable bonds is 12. The van der Waals surface area contributed by atoms with E-state index >= 15 is 0 Å². The minimum atomic E-state index is -1.46. The standard InChI is InChI=1S/C26H30N8O4/c1-26(30-25(37)38,14-18-15-27-21-10-6-5-9-20(18)21)24(36)29-19(13-17-7-3-2-4-8-17)16-28-23(35)12-11-22-31-33-34-32-22/h2-10,15,19,27,30H,11-14,16H2,1H3,(H,28,35)(H,29,36)(H,37,38)(H,31,32,33,34)/t19-,26+/m1/s1. The normalized spacial score (nSPS) is 13.4. The van der Waals surface area contributed by atoms with Crippen molar-refractivity contribution in [3.8, 4) is 0 Å². The molecule has 198 valence electrons. The number of aromatic amines is 2. The first-order valence-electron chi connectivity index (χ1n) is 12.2. The summed E-state index contributed by atoms with van der Waals surface area (Å²) in [6, 6.07) is 16.7. The zero-order chi connectivity index (χ0) is 27.0. The van der Waals surface area contributed by atoms with Crippen molar-refractivity contribution in [3.63, 3.8) is 0 Å². The van der Waals surface area contributed by atoms with E-state index in [0.29, 0.717) is 18.7 Å². The summed E-state index contributed by atoms with van der Waals surface area (Å²) in [7, 11) is 0. The van der Waals surface area contributed by atoms with E-state index in [1.165, 1.54) is 0 Å². The molecule has 4 aromatic rings. The number of carbonyl (C=O) groups is 3. The van der Waals surface area contributed by atoms with E-state index in [1.807, 2.05) is 54.6 Å². The second-order valence-electron chi connectivity index (χ2n) is 9.29. The van der Waals surface area contributed by atoms with Crippen LogP contribution in [0.25, 0.3) is 10.9 Å². The van der Waals surface area contributed by atoms with Gasteiger partial charge in [0.2, 0.25) is 11.8 Å². The largest absolute Gasteiger partial charge is 0.465 e. The summed E-state index contributed by atoms with van der Waals surface area (Å²) in [5.74, 6) is -0.290. The van der Waals surface area contributed by atoms with E-state index in [1.54, 1.807) is 13.1 Å². The first-order chi connectivity index (χ1) is 18.3. The number of carbonyl (C=O) groups excluding carboxylic acids is 2. The summed E-state index contributed by atoms with van der Waals surface area (Å²) >= 11 is 0. The molecule has 38 heavy (non-hydrogen) atoms. The predicted octanol–water partition coefficient (Wildman–Crippen LogP) is 1.73. The Morgan fingerprint density at radius 2 is 1.84 bits per heavy atom. The first kappa shape index (κ1) is 26.3. The van der Waals surface area contributed by atoms with Crippen LogP contribution in [0.4, 0.5) is 4.79 Å². The van der Waals surface area contributed by atoms with Crippen LogP contribution in [0.2, 0.25) is 0 Å². The van der Waals surface area contributed by atoms with Gasteiger partial charge in [-0.3, -0.25) is 9.59 Å². The van der Waals surface area contributed by atoms with Crippen LogP contribution in [0, 0.1) is 0 Å².